The van der Waals surface area contributed by atoms with Crippen LogP contribution in [0.4, 0.5) is 0 Å². The molecule has 5 nitrogen and oxygen atoms in total. The Kier molecular flexibility index (Phi) is 5.67. The van der Waals surface area contributed by atoms with E-state index in [1.807, 2.05) is 39.0 Å². The fourth-order valence-corrected chi connectivity index (χ4v) is 4.95. The van der Waals surface area contributed by atoms with Crippen LogP contribution in [0.5, 0.6) is 0 Å². The summed E-state index contributed by atoms with van der Waals surface area (Å²) in [6, 6.07) is 12.7. The number of nitrogens with zero attached hydrogens (tertiary/aromatic N) is 2. The fourth-order valence-electron chi connectivity index (χ4n) is 3.48. The fraction of sp³-hybridized carbons (Fsp3) is 0.381. The SMILES string of the molecule is Cc1ccc(S(=O)(=O)N2CCCN(C(=O)c3cc(C)cc(C)c3)CC2)cc1. The van der Waals surface area contributed by atoms with Crippen molar-refractivity contribution in [2.45, 2.75) is 32.1 Å². The molecule has 1 amide bonds. The van der Waals surface area contributed by atoms with E-state index >= 15 is 0 Å². The van der Waals surface area contributed by atoms with E-state index < -0.39 is 10.0 Å². The monoisotopic (exact) mass is 386 g/mol. The van der Waals surface area contributed by atoms with Crippen LogP contribution in [0, 0.1) is 20.8 Å². The molecule has 0 aliphatic carbocycles. The van der Waals surface area contributed by atoms with Gasteiger partial charge < -0.3 is 4.90 Å². The first kappa shape index (κ1) is 19.6. The van der Waals surface area contributed by atoms with Gasteiger partial charge in [-0.1, -0.05) is 34.9 Å². The summed E-state index contributed by atoms with van der Waals surface area (Å²) in [6.45, 7) is 7.57. The van der Waals surface area contributed by atoms with Crippen LogP contribution in [0.2, 0.25) is 0 Å². The number of benzene rings is 2. The van der Waals surface area contributed by atoms with Crippen molar-refractivity contribution in [3.63, 3.8) is 0 Å². The highest BCUT2D eigenvalue weighted by atomic mass is 32.2. The maximum absolute atomic E-state index is 12.9. The molecule has 0 aromatic heterocycles. The Morgan fingerprint density at radius 2 is 1.44 bits per heavy atom. The van der Waals surface area contributed by atoms with Crippen LogP contribution in [-0.4, -0.2) is 49.7 Å². The van der Waals surface area contributed by atoms with Gasteiger partial charge in [0.15, 0.2) is 0 Å². The highest BCUT2D eigenvalue weighted by Gasteiger charge is 2.28. The molecule has 1 heterocycles. The first-order chi connectivity index (χ1) is 12.8. The van der Waals surface area contributed by atoms with Crippen molar-refractivity contribution >= 4 is 15.9 Å². The van der Waals surface area contributed by atoms with Crippen molar-refractivity contribution < 1.29 is 13.2 Å². The third kappa shape index (κ3) is 4.39. The van der Waals surface area contributed by atoms with E-state index in [0.717, 1.165) is 16.7 Å². The van der Waals surface area contributed by atoms with Gasteiger partial charge in [-0.05, 0) is 51.5 Å². The van der Waals surface area contributed by atoms with E-state index in [9.17, 15) is 13.2 Å². The molecule has 1 fully saturated rings. The van der Waals surface area contributed by atoms with Gasteiger partial charge in [-0.3, -0.25) is 4.79 Å². The largest absolute Gasteiger partial charge is 0.337 e. The van der Waals surface area contributed by atoms with Crippen LogP contribution >= 0.6 is 0 Å². The van der Waals surface area contributed by atoms with Crippen molar-refractivity contribution in [2.75, 3.05) is 26.2 Å². The molecule has 0 radical (unpaired) electrons. The van der Waals surface area contributed by atoms with Gasteiger partial charge in [-0.2, -0.15) is 4.31 Å². The lowest BCUT2D eigenvalue weighted by Crippen LogP contribution is -2.37. The molecule has 144 valence electrons. The molecule has 0 N–H and O–H groups in total. The minimum absolute atomic E-state index is 0.0311. The second kappa shape index (κ2) is 7.82. The number of amides is 1. The Balaban J connectivity index is 1.75. The van der Waals surface area contributed by atoms with E-state index in [1.165, 1.54) is 4.31 Å². The lowest BCUT2D eigenvalue weighted by Gasteiger charge is -2.22. The molecule has 2 aromatic rings. The molecule has 0 atom stereocenters. The van der Waals surface area contributed by atoms with E-state index in [0.29, 0.717) is 43.1 Å². The number of rotatable bonds is 3. The van der Waals surface area contributed by atoms with E-state index in [4.69, 9.17) is 0 Å². The molecule has 0 spiro atoms. The highest BCUT2D eigenvalue weighted by Crippen LogP contribution is 2.19. The zero-order chi connectivity index (χ0) is 19.6. The Labute approximate surface area is 161 Å². The van der Waals surface area contributed by atoms with Gasteiger partial charge in [-0.25, -0.2) is 8.42 Å². The molecule has 27 heavy (non-hydrogen) atoms. The highest BCUT2D eigenvalue weighted by molar-refractivity contribution is 7.89. The van der Waals surface area contributed by atoms with Crippen LogP contribution in [0.15, 0.2) is 47.4 Å². The van der Waals surface area contributed by atoms with Gasteiger partial charge in [0, 0.05) is 31.7 Å². The summed E-state index contributed by atoms with van der Waals surface area (Å²) in [5.74, 6) is -0.0311. The molecule has 6 heteroatoms. The van der Waals surface area contributed by atoms with E-state index in [-0.39, 0.29) is 5.91 Å². The molecular weight excluding hydrogens is 360 g/mol. The van der Waals surface area contributed by atoms with Gasteiger partial charge >= 0.3 is 0 Å². The van der Waals surface area contributed by atoms with Crippen molar-refractivity contribution in [3.05, 3.63) is 64.7 Å². The molecule has 1 aliphatic heterocycles. The van der Waals surface area contributed by atoms with Crippen LogP contribution in [0.1, 0.15) is 33.5 Å². The summed E-state index contributed by atoms with van der Waals surface area (Å²) in [4.78, 5) is 14.9. The summed E-state index contributed by atoms with van der Waals surface area (Å²) < 4.78 is 27.3. The number of carbonyl (C=O) groups is 1. The van der Waals surface area contributed by atoms with E-state index in [2.05, 4.69) is 0 Å². The standard InChI is InChI=1S/C21H26N2O3S/c1-16-5-7-20(8-6-16)27(25,26)23-10-4-9-22(11-12-23)21(24)19-14-17(2)13-18(3)15-19/h5-8,13-15H,4,9-12H2,1-3H3. The van der Waals surface area contributed by atoms with E-state index in [1.54, 1.807) is 29.2 Å². The van der Waals surface area contributed by atoms with Crippen molar-refractivity contribution in [1.82, 2.24) is 9.21 Å². The smallest absolute Gasteiger partial charge is 0.253 e. The molecule has 1 saturated heterocycles. The van der Waals surface area contributed by atoms with Gasteiger partial charge in [-0.15, -0.1) is 0 Å². The Bertz CT molecular complexity index is 916. The Morgan fingerprint density at radius 3 is 2.07 bits per heavy atom. The normalized spacial score (nSPS) is 16.2. The Hall–Kier alpha value is -2.18. The van der Waals surface area contributed by atoms with Crippen LogP contribution in [0.3, 0.4) is 0 Å². The zero-order valence-corrected chi connectivity index (χ0v) is 16.9. The Morgan fingerprint density at radius 1 is 0.815 bits per heavy atom. The number of hydrogen-bond donors (Lipinski definition) is 0. The minimum atomic E-state index is -3.53. The predicted octanol–water partition coefficient (Wildman–Crippen LogP) is 3.15. The summed E-state index contributed by atoms with van der Waals surface area (Å²) >= 11 is 0. The van der Waals surface area contributed by atoms with Crippen molar-refractivity contribution in [3.8, 4) is 0 Å². The summed E-state index contributed by atoms with van der Waals surface area (Å²) in [7, 11) is -3.53. The molecular formula is C21H26N2O3S. The molecule has 1 aliphatic rings. The first-order valence-corrected chi connectivity index (χ1v) is 10.7. The van der Waals surface area contributed by atoms with Crippen molar-refractivity contribution in [1.29, 1.82) is 0 Å². The van der Waals surface area contributed by atoms with Crippen molar-refractivity contribution in [2.24, 2.45) is 0 Å². The number of aryl methyl sites for hydroxylation is 3. The second-order valence-corrected chi connectivity index (χ2v) is 9.18. The quantitative estimate of drug-likeness (QED) is 0.814. The third-order valence-corrected chi connectivity index (χ3v) is 6.78. The van der Waals surface area contributed by atoms with Gasteiger partial charge in [0.2, 0.25) is 10.0 Å². The molecule has 0 bridgehead atoms. The number of hydrogen-bond acceptors (Lipinski definition) is 3. The summed E-state index contributed by atoms with van der Waals surface area (Å²) in [5, 5.41) is 0. The van der Waals surface area contributed by atoms with Crippen LogP contribution in [0.25, 0.3) is 0 Å². The maximum Gasteiger partial charge on any atom is 0.253 e. The van der Waals surface area contributed by atoms with Crippen LogP contribution in [-0.2, 0) is 10.0 Å². The third-order valence-electron chi connectivity index (χ3n) is 4.87. The zero-order valence-electron chi connectivity index (χ0n) is 16.1. The molecule has 3 rings (SSSR count). The summed E-state index contributed by atoms with van der Waals surface area (Å²) in [5.41, 5.74) is 3.80. The first-order valence-electron chi connectivity index (χ1n) is 9.22. The predicted molar refractivity (Wildman–Crippen MR) is 106 cm³/mol. The van der Waals surface area contributed by atoms with Crippen LogP contribution < -0.4 is 0 Å². The topological polar surface area (TPSA) is 57.7 Å². The second-order valence-electron chi connectivity index (χ2n) is 7.24. The number of sulfonamides is 1. The molecule has 0 saturated carbocycles. The average Bonchev–Trinajstić information content (AvgIpc) is 2.87. The van der Waals surface area contributed by atoms with Gasteiger partial charge in [0.05, 0.1) is 4.90 Å². The van der Waals surface area contributed by atoms with Gasteiger partial charge in [0.25, 0.3) is 5.91 Å². The maximum atomic E-state index is 12.9. The average molecular weight is 387 g/mol. The lowest BCUT2D eigenvalue weighted by atomic mass is 10.1. The van der Waals surface area contributed by atoms with Gasteiger partial charge in [0.1, 0.15) is 0 Å². The molecule has 0 unspecified atom stereocenters. The lowest BCUT2D eigenvalue weighted by molar-refractivity contribution is 0.0764. The number of carbonyl (C=O) groups excluding carboxylic acids is 1. The minimum Gasteiger partial charge on any atom is -0.337 e. The summed E-state index contributed by atoms with van der Waals surface area (Å²) in [6.07, 6.45) is 0.627. The molecule has 2 aromatic carbocycles.